The number of ketones is 1. The van der Waals surface area contributed by atoms with Gasteiger partial charge in [0.2, 0.25) is 0 Å². The van der Waals surface area contributed by atoms with Gasteiger partial charge in [0.25, 0.3) is 0 Å². The SMILES string of the molecule is CC(=O)c1cccc(C)c1.CN. The molecular formula is C10H15NO. The van der Waals surface area contributed by atoms with Gasteiger partial charge in [-0.2, -0.15) is 0 Å². The molecule has 1 aromatic rings. The minimum absolute atomic E-state index is 0.128. The molecule has 0 fully saturated rings. The number of nitrogens with two attached hydrogens (primary N) is 1. The van der Waals surface area contributed by atoms with Gasteiger partial charge in [-0.3, -0.25) is 4.79 Å². The van der Waals surface area contributed by atoms with E-state index >= 15 is 0 Å². The van der Waals surface area contributed by atoms with Crippen LogP contribution >= 0.6 is 0 Å². The van der Waals surface area contributed by atoms with Crippen molar-refractivity contribution in [3.05, 3.63) is 35.4 Å². The number of Topliss-reactive ketones (excluding diaryl/α,β-unsaturated/α-hetero) is 1. The molecule has 0 unspecified atom stereocenters. The van der Waals surface area contributed by atoms with Crippen molar-refractivity contribution in [2.24, 2.45) is 5.73 Å². The molecule has 0 saturated heterocycles. The topological polar surface area (TPSA) is 43.1 Å². The Labute approximate surface area is 73.4 Å². The van der Waals surface area contributed by atoms with Crippen molar-refractivity contribution in [3.8, 4) is 0 Å². The summed E-state index contributed by atoms with van der Waals surface area (Å²) in [7, 11) is 1.50. The van der Waals surface area contributed by atoms with Crippen LogP contribution in [0.2, 0.25) is 0 Å². The average molecular weight is 165 g/mol. The van der Waals surface area contributed by atoms with Gasteiger partial charge >= 0.3 is 0 Å². The van der Waals surface area contributed by atoms with Crippen LogP contribution in [-0.4, -0.2) is 12.8 Å². The molecule has 0 amide bonds. The number of benzene rings is 1. The molecule has 1 rings (SSSR count). The lowest BCUT2D eigenvalue weighted by Crippen LogP contribution is -1.90. The summed E-state index contributed by atoms with van der Waals surface area (Å²) in [4.78, 5) is 10.8. The molecule has 0 aromatic heterocycles. The van der Waals surface area contributed by atoms with Crippen LogP contribution < -0.4 is 5.73 Å². The van der Waals surface area contributed by atoms with Crippen LogP contribution in [0.1, 0.15) is 22.8 Å². The Morgan fingerprint density at radius 2 is 1.92 bits per heavy atom. The zero-order valence-corrected chi connectivity index (χ0v) is 7.79. The third kappa shape index (κ3) is 3.30. The number of rotatable bonds is 1. The Kier molecular flexibility index (Phi) is 4.97. The predicted molar refractivity (Wildman–Crippen MR) is 51.3 cm³/mol. The van der Waals surface area contributed by atoms with Gasteiger partial charge in [0, 0.05) is 5.56 Å². The molecule has 12 heavy (non-hydrogen) atoms. The van der Waals surface area contributed by atoms with E-state index in [1.807, 2.05) is 31.2 Å². The molecule has 2 N–H and O–H groups in total. The lowest BCUT2D eigenvalue weighted by atomic mass is 10.1. The van der Waals surface area contributed by atoms with Gasteiger partial charge in [-0.15, -0.1) is 0 Å². The van der Waals surface area contributed by atoms with E-state index in [9.17, 15) is 4.79 Å². The van der Waals surface area contributed by atoms with Gasteiger partial charge in [-0.1, -0.05) is 23.8 Å². The van der Waals surface area contributed by atoms with E-state index in [0.29, 0.717) is 0 Å². The minimum Gasteiger partial charge on any atom is -0.333 e. The molecule has 66 valence electrons. The zero-order chi connectivity index (χ0) is 9.56. The quantitative estimate of drug-likeness (QED) is 0.644. The van der Waals surface area contributed by atoms with Crippen LogP contribution in [-0.2, 0) is 0 Å². The monoisotopic (exact) mass is 165 g/mol. The second kappa shape index (κ2) is 5.49. The lowest BCUT2D eigenvalue weighted by Gasteiger charge is -1.94. The van der Waals surface area contributed by atoms with Crippen LogP contribution in [0.15, 0.2) is 24.3 Å². The fourth-order valence-corrected chi connectivity index (χ4v) is 0.864. The van der Waals surface area contributed by atoms with E-state index in [1.165, 1.54) is 7.05 Å². The number of aryl methyl sites for hydroxylation is 1. The van der Waals surface area contributed by atoms with E-state index in [0.717, 1.165) is 11.1 Å². The maximum atomic E-state index is 10.8. The maximum absolute atomic E-state index is 10.8. The highest BCUT2D eigenvalue weighted by atomic mass is 16.1. The highest BCUT2D eigenvalue weighted by Gasteiger charge is 1.95. The normalized spacial score (nSPS) is 8.33. The van der Waals surface area contributed by atoms with Crippen LogP contribution in [0.3, 0.4) is 0 Å². The van der Waals surface area contributed by atoms with Crippen molar-refractivity contribution in [2.75, 3.05) is 7.05 Å². The summed E-state index contributed by atoms with van der Waals surface area (Å²) >= 11 is 0. The smallest absolute Gasteiger partial charge is 0.159 e. The molecule has 0 radical (unpaired) electrons. The molecule has 0 bridgehead atoms. The van der Waals surface area contributed by atoms with Gasteiger partial charge in [-0.05, 0) is 27.0 Å². The fourth-order valence-electron chi connectivity index (χ4n) is 0.864. The number of carbonyl (C=O) groups excluding carboxylic acids is 1. The summed E-state index contributed by atoms with van der Waals surface area (Å²) in [5.41, 5.74) is 6.42. The van der Waals surface area contributed by atoms with E-state index in [2.05, 4.69) is 5.73 Å². The van der Waals surface area contributed by atoms with Crippen LogP contribution in [0.25, 0.3) is 0 Å². The molecule has 0 aliphatic rings. The van der Waals surface area contributed by atoms with Crippen molar-refractivity contribution in [1.29, 1.82) is 0 Å². The first-order chi connectivity index (χ1) is 5.70. The van der Waals surface area contributed by atoms with Crippen LogP contribution in [0.5, 0.6) is 0 Å². The molecule has 0 aliphatic carbocycles. The first kappa shape index (κ1) is 10.8. The van der Waals surface area contributed by atoms with Crippen LogP contribution in [0.4, 0.5) is 0 Å². The minimum atomic E-state index is 0.128. The molecule has 0 saturated carbocycles. The largest absolute Gasteiger partial charge is 0.333 e. The summed E-state index contributed by atoms with van der Waals surface area (Å²) < 4.78 is 0. The summed E-state index contributed by atoms with van der Waals surface area (Å²) in [6.07, 6.45) is 0. The Balaban J connectivity index is 0.000000561. The van der Waals surface area contributed by atoms with Crippen molar-refractivity contribution in [1.82, 2.24) is 0 Å². The van der Waals surface area contributed by atoms with Crippen LogP contribution in [0, 0.1) is 6.92 Å². The van der Waals surface area contributed by atoms with Crippen molar-refractivity contribution < 1.29 is 4.79 Å². The Bertz CT molecular complexity index is 256. The number of carbonyl (C=O) groups is 1. The van der Waals surface area contributed by atoms with E-state index in [-0.39, 0.29) is 5.78 Å². The number of hydrogen-bond donors (Lipinski definition) is 1. The fraction of sp³-hybridized carbons (Fsp3) is 0.300. The highest BCUT2D eigenvalue weighted by molar-refractivity contribution is 5.94. The molecule has 2 nitrogen and oxygen atoms in total. The Hall–Kier alpha value is -1.15. The molecule has 1 aromatic carbocycles. The summed E-state index contributed by atoms with van der Waals surface area (Å²) in [5, 5.41) is 0. The second-order valence-corrected chi connectivity index (χ2v) is 2.43. The van der Waals surface area contributed by atoms with Gasteiger partial charge < -0.3 is 5.73 Å². The maximum Gasteiger partial charge on any atom is 0.159 e. The molecule has 0 aliphatic heterocycles. The molecule has 0 spiro atoms. The number of hydrogen-bond acceptors (Lipinski definition) is 2. The molecule has 0 heterocycles. The predicted octanol–water partition coefficient (Wildman–Crippen LogP) is 1.77. The Morgan fingerprint density at radius 3 is 2.25 bits per heavy atom. The first-order valence-corrected chi connectivity index (χ1v) is 3.85. The third-order valence-corrected chi connectivity index (χ3v) is 1.42. The first-order valence-electron chi connectivity index (χ1n) is 3.85. The third-order valence-electron chi connectivity index (χ3n) is 1.42. The van der Waals surface area contributed by atoms with Gasteiger partial charge in [-0.25, -0.2) is 0 Å². The Morgan fingerprint density at radius 1 is 1.33 bits per heavy atom. The van der Waals surface area contributed by atoms with Crippen molar-refractivity contribution in [2.45, 2.75) is 13.8 Å². The summed E-state index contributed by atoms with van der Waals surface area (Å²) in [5.74, 6) is 0.128. The molecule has 0 atom stereocenters. The average Bonchev–Trinajstić information content (AvgIpc) is 2.08. The molecular weight excluding hydrogens is 150 g/mol. The van der Waals surface area contributed by atoms with Gasteiger partial charge in [0.05, 0.1) is 0 Å². The second-order valence-electron chi connectivity index (χ2n) is 2.43. The van der Waals surface area contributed by atoms with Crippen molar-refractivity contribution >= 4 is 5.78 Å². The van der Waals surface area contributed by atoms with Gasteiger partial charge in [0.1, 0.15) is 0 Å². The van der Waals surface area contributed by atoms with E-state index < -0.39 is 0 Å². The zero-order valence-electron chi connectivity index (χ0n) is 7.79. The summed E-state index contributed by atoms with van der Waals surface area (Å²) in [6.45, 7) is 3.56. The van der Waals surface area contributed by atoms with Crippen molar-refractivity contribution in [3.63, 3.8) is 0 Å². The lowest BCUT2D eigenvalue weighted by molar-refractivity contribution is 0.101. The standard InChI is InChI=1S/C9H10O.CH5N/c1-7-4-3-5-9(6-7)8(2)10;1-2/h3-6H,1-2H3;2H2,1H3. The van der Waals surface area contributed by atoms with E-state index in [4.69, 9.17) is 0 Å². The van der Waals surface area contributed by atoms with Gasteiger partial charge in [0.15, 0.2) is 5.78 Å². The van der Waals surface area contributed by atoms with E-state index in [1.54, 1.807) is 6.92 Å². The summed E-state index contributed by atoms with van der Waals surface area (Å²) in [6, 6.07) is 7.59. The highest BCUT2D eigenvalue weighted by Crippen LogP contribution is 2.03. The molecule has 2 heteroatoms.